The Morgan fingerprint density at radius 1 is 1.29 bits per heavy atom. The fourth-order valence-corrected chi connectivity index (χ4v) is 2.16. The monoisotopic (exact) mass is 306 g/mol. The number of halogens is 1. The number of para-hydroxylation sites is 1. The maximum absolute atomic E-state index is 10.7. The third kappa shape index (κ3) is 3.86. The molecule has 5 nitrogen and oxygen atoms in total. The van der Waals surface area contributed by atoms with Gasteiger partial charge < -0.3 is 10.1 Å². The minimum absolute atomic E-state index is 0.100. The number of anilines is 1. The first-order chi connectivity index (χ1) is 10.1. The number of rotatable bonds is 6. The molecule has 0 fully saturated rings. The Kier molecular flexibility index (Phi) is 5.00. The summed E-state index contributed by atoms with van der Waals surface area (Å²) in [6.07, 6.45) is 0. The topological polar surface area (TPSA) is 64.4 Å². The minimum Gasteiger partial charge on any atom is -0.494 e. The van der Waals surface area contributed by atoms with E-state index in [0.29, 0.717) is 13.2 Å². The highest BCUT2D eigenvalue weighted by molar-refractivity contribution is 6.32. The zero-order valence-electron chi connectivity index (χ0n) is 11.5. The molecule has 0 saturated carbocycles. The van der Waals surface area contributed by atoms with E-state index in [0.717, 1.165) is 17.0 Å². The molecule has 2 aromatic rings. The van der Waals surface area contributed by atoms with Crippen molar-refractivity contribution in [2.45, 2.75) is 13.5 Å². The lowest BCUT2D eigenvalue weighted by atomic mass is 10.2. The summed E-state index contributed by atoms with van der Waals surface area (Å²) in [4.78, 5) is 10.2. The molecule has 110 valence electrons. The highest BCUT2D eigenvalue weighted by Gasteiger charge is 2.12. The molecule has 2 rings (SSSR count). The van der Waals surface area contributed by atoms with E-state index in [9.17, 15) is 10.1 Å². The van der Waals surface area contributed by atoms with Gasteiger partial charge in [-0.1, -0.05) is 29.8 Å². The Morgan fingerprint density at radius 3 is 2.71 bits per heavy atom. The third-order valence-electron chi connectivity index (χ3n) is 2.90. The molecule has 0 heterocycles. The van der Waals surface area contributed by atoms with Gasteiger partial charge in [0.25, 0.3) is 5.69 Å². The van der Waals surface area contributed by atoms with Gasteiger partial charge in [0.2, 0.25) is 0 Å². The van der Waals surface area contributed by atoms with E-state index in [4.69, 9.17) is 16.3 Å². The molecule has 6 heteroatoms. The summed E-state index contributed by atoms with van der Waals surface area (Å²) in [5, 5.41) is 14.0. The number of hydrogen-bond acceptors (Lipinski definition) is 4. The summed E-state index contributed by atoms with van der Waals surface area (Å²) in [5.41, 5.74) is 1.63. The van der Waals surface area contributed by atoms with Gasteiger partial charge in [-0.05, 0) is 25.1 Å². The van der Waals surface area contributed by atoms with Crippen LogP contribution in [0.2, 0.25) is 5.02 Å². The van der Waals surface area contributed by atoms with Gasteiger partial charge in [-0.25, -0.2) is 0 Å². The molecule has 0 amide bonds. The average Bonchev–Trinajstić information content (AvgIpc) is 2.46. The van der Waals surface area contributed by atoms with Gasteiger partial charge in [0.1, 0.15) is 10.8 Å². The van der Waals surface area contributed by atoms with Crippen LogP contribution in [0.5, 0.6) is 5.75 Å². The van der Waals surface area contributed by atoms with Crippen molar-refractivity contribution in [1.29, 1.82) is 0 Å². The smallest absolute Gasteiger partial charge is 0.288 e. The molecule has 0 unspecified atom stereocenters. The fourth-order valence-electron chi connectivity index (χ4n) is 1.91. The maximum Gasteiger partial charge on any atom is 0.288 e. The van der Waals surface area contributed by atoms with E-state index >= 15 is 0 Å². The molecule has 0 aliphatic heterocycles. The van der Waals surface area contributed by atoms with Crippen LogP contribution in [0, 0.1) is 10.1 Å². The van der Waals surface area contributed by atoms with Gasteiger partial charge in [-0.15, -0.1) is 0 Å². The molecular formula is C15H15ClN2O3. The van der Waals surface area contributed by atoms with Crippen LogP contribution in [0.4, 0.5) is 11.4 Å². The molecule has 0 saturated heterocycles. The molecule has 21 heavy (non-hydrogen) atoms. The maximum atomic E-state index is 10.7. The predicted octanol–water partition coefficient (Wildman–Crippen LogP) is 4.26. The van der Waals surface area contributed by atoms with Crippen LogP contribution in [0.25, 0.3) is 0 Å². The van der Waals surface area contributed by atoms with E-state index in [-0.39, 0.29) is 10.7 Å². The molecule has 1 N–H and O–H groups in total. The number of nitro benzene ring substituents is 1. The largest absolute Gasteiger partial charge is 0.494 e. The van der Waals surface area contributed by atoms with Crippen LogP contribution >= 0.6 is 11.6 Å². The van der Waals surface area contributed by atoms with Crippen LogP contribution in [-0.2, 0) is 6.54 Å². The van der Waals surface area contributed by atoms with Crippen LogP contribution in [0.15, 0.2) is 42.5 Å². The SMILES string of the molecule is CCOc1ccccc1CNc1ccc([N+](=O)[O-])c(Cl)c1. The van der Waals surface area contributed by atoms with Crippen molar-refractivity contribution in [2.24, 2.45) is 0 Å². The second kappa shape index (κ2) is 6.95. The number of hydrogen-bond donors (Lipinski definition) is 1. The quantitative estimate of drug-likeness (QED) is 0.640. The first-order valence-corrected chi connectivity index (χ1v) is 6.88. The second-order valence-electron chi connectivity index (χ2n) is 4.32. The summed E-state index contributed by atoms with van der Waals surface area (Å²) in [6.45, 7) is 3.07. The van der Waals surface area contributed by atoms with E-state index < -0.39 is 4.92 Å². The molecule has 0 spiro atoms. The Bertz CT molecular complexity index is 647. The summed E-state index contributed by atoms with van der Waals surface area (Å²) in [7, 11) is 0. The number of ether oxygens (including phenoxy) is 1. The number of nitrogens with zero attached hydrogens (tertiary/aromatic N) is 1. The van der Waals surface area contributed by atoms with Crippen molar-refractivity contribution in [1.82, 2.24) is 0 Å². The van der Waals surface area contributed by atoms with Gasteiger partial charge in [0.15, 0.2) is 0 Å². The molecule has 0 atom stereocenters. The van der Waals surface area contributed by atoms with Crippen LogP contribution in [0.1, 0.15) is 12.5 Å². The number of benzene rings is 2. The van der Waals surface area contributed by atoms with Gasteiger partial charge in [0, 0.05) is 23.9 Å². The van der Waals surface area contributed by atoms with Crippen molar-refractivity contribution in [3.05, 3.63) is 63.2 Å². The van der Waals surface area contributed by atoms with Gasteiger partial charge >= 0.3 is 0 Å². The standard InChI is InChI=1S/C15H15ClN2O3/c1-2-21-15-6-4-3-5-11(15)10-17-12-7-8-14(18(19)20)13(16)9-12/h3-9,17H,2,10H2,1H3. The fraction of sp³-hybridized carbons (Fsp3) is 0.200. The molecule has 0 aliphatic carbocycles. The van der Waals surface area contributed by atoms with Crippen molar-refractivity contribution in [3.8, 4) is 5.75 Å². The Balaban J connectivity index is 2.10. The van der Waals surface area contributed by atoms with Crippen molar-refractivity contribution < 1.29 is 9.66 Å². The molecule has 0 bridgehead atoms. The summed E-state index contributed by atoms with van der Waals surface area (Å²) >= 11 is 5.88. The summed E-state index contributed by atoms with van der Waals surface area (Å²) < 4.78 is 5.54. The summed E-state index contributed by atoms with van der Waals surface area (Å²) in [6, 6.07) is 12.3. The van der Waals surface area contributed by atoms with Gasteiger partial charge in [-0.2, -0.15) is 0 Å². The van der Waals surface area contributed by atoms with Crippen molar-refractivity contribution in [3.63, 3.8) is 0 Å². The van der Waals surface area contributed by atoms with E-state index in [1.54, 1.807) is 12.1 Å². The van der Waals surface area contributed by atoms with E-state index in [1.165, 1.54) is 6.07 Å². The lowest BCUT2D eigenvalue weighted by Crippen LogP contribution is -2.03. The van der Waals surface area contributed by atoms with E-state index in [1.807, 2.05) is 31.2 Å². The van der Waals surface area contributed by atoms with Crippen molar-refractivity contribution >= 4 is 23.0 Å². The normalized spacial score (nSPS) is 10.2. The first-order valence-electron chi connectivity index (χ1n) is 6.50. The van der Waals surface area contributed by atoms with Crippen LogP contribution in [-0.4, -0.2) is 11.5 Å². The molecular weight excluding hydrogens is 292 g/mol. The lowest BCUT2D eigenvalue weighted by molar-refractivity contribution is -0.384. The number of nitrogens with one attached hydrogen (secondary N) is 1. The van der Waals surface area contributed by atoms with Crippen molar-refractivity contribution in [2.75, 3.05) is 11.9 Å². The zero-order valence-corrected chi connectivity index (χ0v) is 12.3. The number of nitro groups is 1. The molecule has 0 radical (unpaired) electrons. The van der Waals surface area contributed by atoms with Gasteiger partial charge in [0.05, 0.1) is 11.5 Å². The Hall–Kier alpha value is -2.27. The van der Waals surface area contributed by atoms with Crippen LogP contribution in [0.3, 0.4) is 0 Å². The predicted molar refractivity (Wildman–Crippen MR) is 83.0 cm³/mol. The molecule has 2 aromatic carbocycles. The lowest BCUT2D eigenvalue weighted by Gasteiger charge is -2.11. The minimum atomic E-state index is -0.503. The van der Waals surface area contributed by atoms with Crippen LogP contribution < -0.4 is 10.1 Å². The second-order valence-corrected chi connectivity index (χ2v) is 4.72. The average molecular weight is 307 g/mol. The molecule has 0 aliphatic rings. The Labute approximate surface area is 127 Å². The zero-order chi connectivity index (χ0) is 15.2. The van der Waals surface area contributed by atoms with Gasteiger partial charge in [-0.3, -0.25) is 10.1 Å². The highest BCUT2D eigenvalue weighted by atomic mass is 35.5. The van der Waals surface area contributed by atoms with E-state index in [2.05, 4.69) is 5.32 Å². The Morgan fingerprint density at radius 2 is 2.05 bits per heavy atom. The highest BCUT2D eigenvalue weighted by Crippen LogP contribution is 2.28. The summed E-state index contributed by atoms with van der Waals surface area (Å²) in [5.74, 6) is 0.820. The molecule has 0 aromatic heterocycles. The third-order valence-corrected chi connectivity index (χ3v) is 3.20. The first kappa shape index (κ1) is 15.1.